The van der Waals surface area contributed by atoms with Gasteiger partial charge in [0, 0.05) is 28.7 Å². The molecule has 24 heavy (non-hydrogen) atoms. The quantitative estimate of drug-likeness (QED) is 0.721. The third-order valence-electron chi connectivity index (χ3n) is 4.05. The van der Waals surface area contributed by atoms with E-state index < -0.39 is 10.0 Å². The average Bonchev–Trinajstić information content (AvgIpc) is 2.91. The van der Waals surface area contributed by atoms with Gasteiger partial charge < -0.3 is 4.98 Å². The molecule has 0 fully saturated rings. The van der Waals surface area contributed by atoms with Crippen molar-refractivity contribution in [3.63, 3.8) is 0 Å². The number of hydrogen-bond acceptors (Lipinski definition) is 2. The second-order valence-corrected chi connectivity index (χ2v) is 8.09. The molecule has 126 valence electrons. The SMILES string of the molecule is Cc1ccc(C)c(S(=O)(=O)NCCc2c[nH]c3cc(Cl)ccc23)c1. The average molecular weight is 363 g/mol. The van der Waals surface area contributed by atoms with E-state index in [-0.39, 0.29) is 0 Å². The summed E-state index contributed by atoms with van der Waals surface area (Å²) in [6.45, 7) is 4.03. The summed E-state index contributed by atoms with van der Waals surface area (Å²) >= 11 is 5.98. The first kappa shape index (κ1) is 17.0. The highest BCUT2D eigenvalue weighted by atomic mass is 35.5. The second-order valence-electron chi connectivity index (χ2n) is 5.92. The number of aromatic amines is 1. The van der Waals surface area contributed by atoms with E-state index in [0.29, 0.717) is 22.9 Å². The van der Waals surface area contributed by atoms with Gasteiger partial charge in [0.25, 0.3) is 0 Å². The molecule has 4 nitrogen and oxygen atoms in total. The molecule has 0 spiro atoms. The molecule has 0 aliphatic carbocycles. The summed E-state index contributed by atoms with van der Waals surface area (Å²) in [6, 6.07) is 11.1. The van der Waals surface area contributed by atoms with E-state index in [4.69, 9.17) is 11.6 Å². The fourth-order valence-electron chi connectivity index (χ4n) is 2.76. The molecular weight excluding hydrogens is 344 g/mol. The number of halogens is 1. The van der Waals surface area contributed by atoms with Gasteiger partial charge in [-0.15, -0.1) is 0 Å². The number of aromatic nitrogens is 1. The van der Waals surface area contributed by atoms with Crippen LogP contribution in [0.25, 0.3) is 10.9 Å². The van der Waals surface area contributed by atoms with Crippen molar-refractivity contribution in [2.24, 2.45) is 0 Å². The molecule has 2 N–H and O–H groups in total. The summed E-state index contributed by atoms with van der Waals surface area (Å²) in [6.07, 6.45) is 2.50. The molecule has 0 aliphatic rings. The van der Waals surface area contributed by atoms with Crippen LogP contribution < -0.4 is 4.72 Å². The molecule has 3 aromatic rings. The minimum absolute atomic E-state index is 0.339. The maximum Gasteiger partial charge on any atom is 0.240 e. The molecule has 1 aromatic heterocycles. The predicted octanol–water partition coefficient (Wildman–Crippen LogP) is 3.96. The third-order valence-corrected chi connectivity index (χ3v) is 5.89. The summed E-state index contributed by atoms with van der Waals surface area (Å²) in [5.41, 5.74) is 3.68. The van der Waals surface area contributed by atoms with Gasteiger partial charge in [0.05, 0.1) is 4.90 Å². The maximum atomic E-state index is 12.5. The Kier molecular flexibility index (Phi) is 4.67. The molecule has 0 amide bonds. The van der Waals surface area contributed by atoms with Crippen LogP contribution in [0.4, 0.5) is 0 Å². The lowest BCUT2D eigenvalue weighted by atomic mass is 10.1. The molecule has 6 heteroatoms. The first-order valence-electron chi connectivity index (χ1n) is 7.69. The summed E-state index contributed by atoms with van der Waals surface area (Å²) in [5, 5.41) is 1.73. The highest BCUT2D eigenvalue weighted by Crippen LogP contribution is 2.22. The molecular formula is C18H19ClN2O2S. The number of benzene rings is 2. The molecule has 3 rings (SSSR count). The zero-order valence-electron chi connectivity index (χ0n) is 13.6. The van der Waals surface area contributed by atoms with Gasteiger partial charge in [0.15, 0.2) is 0 Å². The zero-order chi connectivity index (χ0) is 17.3. The summed E-state index contributed by atoms with van der Waals surface area (Å²) in [5.74, 6) is 0. The van der Waals surface area contributed by atoms with Gasteiger partial charge in [-0.2, -0.15) is 0 Å². The molecule has 0 radical (unpaired) electrons. The largest absolute Gasteiger partial charge is 0.361 e. The Balaban J connectivity index is 1.74. The minimum Gasteiger partial charge on any atom is -0.361 e. The molecule has 0 saturated carbocycles. The summed E-state index contributed by atoms with van der Waals surface area (Å²) in [4.78, 5) is 3.50. The number of sulfonamides is 1. The lowest BCUT2D eigenvalue weighted by molar-refractivity contribution is 0.581. The number of rotatable bonds is 5. The number of hydrogen-bond donors (Lipinski definition) is 2. The summed E-state index contributed by atoms with van der Waals surface area (Å²) in [7, 11) is -3.51. The second kappa shape index (κ2) is 6.59. The van der Waals surface area contributed by atoms with Crippen LogP contribution in [-0.2, 0) is 16.4 Å². The van der Waals surface area contributed by atoms with E-state index in [2.05, 4.69) is 9.71 Å². The first-order valence-corrected chi connectivity index (χ1v) is 9.55. The van der Waals surface area contributed by atoms with Crippen LogP contribution >= 0.6 is 11.6 Å². The monoisotopic (exact) mass is 362 g/mol. The Morgan fingerprint density at radius 1 is 1.12 bits per heavy atom. The minimum atomic E-state index is -3.51. The lowest BCUT2D eigenvalue weighted by Gasteiger charge is -2.10. The van der Waals surface area contributed by atoms with Gasteiger partial charge in [-0.1, -0.05) is 29.8 Å². The molecule has 0 bridgehead atoms. The lowest BCUT2D eigenvalue weighted by Crippen LogP contribution is -2.26. The Morgan fingerprint density at radius 3 is 2.71 bits per heavy atom. The third kappa shape index (κ3) is 3.48. The van der Waals surface area contributed by atoms with Crippen molar-refractivity contribution in [2.75, 3.05) is 6.54 Å². The fourth-order valence-corrected chi connectivity index (χ4v) is 4.29. The van der Waals surface area contributed by atoms with Crippen molar-refractivity contribution in [1.82, 2.24) is 9.71 Å². The molecule has 0 saturated heterocycles. The first-order chi connectivity index (χ1) is 11.4. The van der Waals surface area contributed by atoms with Crippen LogP contribution in [0.3, 0.4) is 0 Å². The van der Waals surface area contributed by atoms with Crippen LogP contribution in [-0.4, -0.2) is 19.9 Å². The number of nitrogens with one attached hydrogen (secondary N) is 2. The normalized spacial score (nSPS) is 12.0. The van der Waals surface area contributed by atoms with Gasteiger partial charge in [-0.05, 0) is 55.2 Å². The van der Waals surface area contributed by atoms with Crippen molar-refractivity contribution in [3.05, 3.63) is 64.3 Å². The topological polar surface area (TPSA) is 62.0 Å². The van der Waals surface area contributed by atoms with Gasteiger partial charge >= 0.3 is 0 Å². The molecule has 1 heterocycles. The smallest absolute Gasteiger partial charge is 0.240 e. The molecule has 0 aliphatic heterocycles. The highest BCUT2D eigenvalue weighted by molar-refractivity contribution is 7.89. The van der Waals surface area contributed by atoms with Crippen LogP contribution in [0, 0.1) is 13.8 Å². The molecule has 0 unspecified atom stereocenters. The van der Waals surface area contributed by atoms with Gasteiger partial charge in [-0.3, -0.25) is 0 Å². The highest BCUT2D eigenvalue weighted by Gasteiger charge is 2.16. The van der Waals surface area contributed by atoms with Crippen molar-refractivity contribution in [2.45, 2.75) is 25.2 Å². The predicted molar refractivity (Wildman–Crippen MR) is 98.1 cm³/mol. The van der Waals surface area contributed by atoms with Crippen molar-refractivity contribution in [3.8, 4) is 0 Å². The van der Waals surface area contributed by atoms with Gasteiger partial charge in [0.2, 0.25) is 10.0 Å². The van der Waals surface area contributed by atoms with E-state index >= 15 is 0 Å². The fraction of sp³-hybridized carbons (Fsp3) is 0.222. The Bertz CT molecular complexity index is 993. The number of H-pyrrole nitrogens is 1. The van der Waals surface area contributed by atoms with E-state index in [1.54, 1.807) is 13.0 Å². The van der Waals surface area contributed by atoms with Crippen LogP contribution in [0.15, 0.2) is 47.5 Å². The standard InChI is InChI=1S/C18H19ClN2O2S/c1-12-3-4-13(2)18(9-12)24(22,23)21-8-7-14-11-20-17-10-15(19)5-6-16(14)17/h3-6,9-11,20-21H,7-8H2,1-2H3. The van der Waals surface area contributed by atoms with E-state index in [1.165, 1.54) is 0 Å². The molecule has 2 aromatic carbocycles. The van der Waals surface area contributed by atoms with Gasteiger partial charge in [0.1, 0.15) is 0 Å². The van der Waals surface area contributed by atoms with Crippen molar-refractivity contribution < 1.29 is 8.42 Å². The maximum absolute atomic E-state index is 12.5. The summed E-state index contributed by atoms with van der Waals surface area (Å²) < 4.78 is 27.7. The van der Waals surface area contributed by atoms with Crippen molar-refractivity contribution >= 4 is 32.5 Å². The number of aryl methyl sites for hydroxylation is 2. The van der Waals surface area contributed by atoms with E-state index in [9.17, 15) is 8.42 Å². The molecule has 0 atom stereocenters. The zero-order valence-corrected chi connectivity index (χ0v) is 15.1. The van der Waals surface area contributed by atoms with Crippen molar-refractivity contribution in [1.29, 1.82) is 0 Å². The number of fused-ring (bicyclic) bond motifs is 1. The van der Waals surface area contributed by atoms with Crippen LogP contribution in [0.2, 0.25) is 5.02 Å². The van der Waals surface area contributed by atoms with Gasteiger partial charge in [-0.25, -0.2) is 13.1 Å². The Labute approximate surface area is 146 Å². The van der Waals surface area contributed by atoms with Crippen LogP contribution in [0.5, 0.6) is 0 Å². The Morgan fingerprint density at radius 2 is 1.92 bits per heavy atom. The van der Waals surface area contributed by atoms with E-state index in [1.807, 2.05) is 43.5 Å². The van der Waals surface area contributed by atoms with Crippen LogP contribution in [0.1, 0.15) is 16.7 Å². The Hall–Kier alpha value is -1.82. The van der Waals surface area contributed by atoms with E-state index in [0.717, 1.165) is 27.6 Å².